The lowest BCUT2D eigenvalue weighted by atomic mass is 10.1. The minimum absolute atomic E-state index is 0. The standard InChI is InChI=1S/C17H27N3O.ClH/c1-3-20(13-15-7-5-4-6-8-15)17(21)14-19-10-9-16(12-19)11-18-2;/h4-8,16,18H,3,9-14H2,1-2H3;1H. The SMILES string of the molecule is CCN(Cc1ccccc1)C(=O)CN1CCC(CNC)C1.Cl. The highest BCUT2D eigenvalue weighted by Gasteiger charge is 2.24. The molecule has 1 fully saturated rings. The van der Waals surface area contributed by atoms with Crippen LogP contribution in [-0.4, -0.2) is 55.5 Å². The first-order valence-corrected chi connectivity index (χ1v) is 7.91. The normalized spacial score (nSPS) is 18.0. The number of benzene rings is 1. The molecule has 0 radical (unpaired) electrons. The van der Waals surface area contributed by atoms with Crippen molar-refractivity contribution in [3.8, 4) is 0 Å². The van der Waals surface area contributed by atoms with Crippen LogP contribution < -0.4 is 5.32 Å². The number of nitrogens with zero attached hydrogens (tertiary/aromatic N) is 2. The fourth-order valence-electron chi connectivity index (χ4n) is 2.98. The molecule has 1 unspecified atom stereocenters. The highest BCUT2D eigenvalue weighted by Crippen LogP contribution is 2.15. The van der Waals surface area contributed by atoms with Gasteiger partial charge in [0.1, 0.15) is 0 Å². The van der Waals surface area contributed by atoms with E-state index in [-0.39, 0.29) is 18.3 Å². The van der Waals surface area contributed by atoms with Gasteiger partial charge in [-0.3, -0.25) is 9.69 Å². The summed E-state index contributed by atoms with van der Waals surface area (Å²) in [5, 5.41) is 3.23. The number of carbonyl (C=O) groups excluding carboxylic acids is 1. The average Bonchev–Trinajstić information content (AvgIpc) is 2.93. The van der Waals surface area contributed by atoms with Gasteiger partial charge in [0, 0.05) is 19.6 Å². The van der Waals surface area contributed by atoms with Gasteiger partial charge in [-0.15, -0.1) is 12.4 Å². The van der Waals surface area contributed by atoms with Crippen molar-refractivity contribution < 1.29 is 4.79 Å². The van der Waals surface area contributed by atoms with Crippen molar-refractivity contribution in [2.45, 2.75) is 19.9 Å². The predicted molar refractivity (Wildman–Crippen MR) is 93.3 cm³/mol. The smallest absolute Gasteiger partial charge is 0.237 e. The van der Waals surface area contributed by atoms with Crippen LogP contribution in [0.2, 0.25) is 0 Å². The Morgan fingerprint density at radius 2 is 2.09 bits per heavy atom. The van der Waals surface area contributed by atoms with Crippen molar-refractivity contribution in [1.29, 1.82) is 0 Å². The van der Waals surface area contributed by atoms with Crippen LogP contribution in [-0.2, 0) is 11.3 Å². The molecule has 0 saturated carbocycles. The maximum Gasteiger partial charge on any atom is 0.237 e. The summed E-state index contributed by atoms with van der Waals surface area (Å²) in [5.41, 5.74) is 1.20. The Hall–Kier alpha value is -1.10. The zero-order valence-corrected chi connectivity index (χ0v) is 14.4. The molecule has 1 aliphatic rings. The Bertz CT molecular complexity index is 441. The number of amides is 1. The average molecular weight is 326 g/mol. The largest absolute Gasteiger partial charge is 0.338 e. The van der Waals surface area contributed by atoms with Crippen molar-refractivity contribution in [1.82, 2.24) is 15.1 Å². The second-order valence-corrected chi connectivity index (χ2v) is 5.84. The number of hydrogen-bond donors (Lipinski definition) is 1. The molecule has 22 heavy (non-hydrogen) atoms. The third-order valence-corrected chi connectivity index (χ3v) is 4.17. The first-order chi connectivity index (χ1) is 10.2. The van der Waals surface area contributed by atoms with Crippen LogP contribution in [0.25, 0.3) is 0 Å². The molecule has 1 heterocycles. The number of carbonyl (C=O) groups is 1. The van der Waals surface area contributed by atoms with Gasteiger partial charge in [-0.05, 0) is 45.0 Å². The van der Waals surface area contributed by atoms with Crippen molar-refractivity contribution in [3.05, 3.63) is 35.9 Å². The number of likely N-dealkylation sites (N-methyl/N-ethyl adjacent to an activating group) is 1. The Labute approximate surface area is 140 Å². The van der Waals surface area contributed by atoms with E-state index in [9.17, 15) is 4.79 Å². The number of likely N-dealkylation sites (tertiary alicyclic amines) is 1. The van der Waals surface area contributed by atoms with Gasteiger partial charge in [0.2, 0.25) is 5.91 Å². The third kappa shape index (κ3) is 5.59. The topological polar surface area (TPSA) is 35.6 Å². The molecule has 2 rings (SSSR count). The van der Waals surface area contributed by atoms with Gasteiger partial charge in [-0.2, -0.15) is 0 Å². The molecule has 0 aromatic heterocycles. The van der Waals surface area contributed by atoms with Crippen molar-refractivity contribution in [3.63, 3.8) is 0 Å². The summed E-state index contributed by atoms with van der Waals surface area (Å²) in [6.07, 6.45) is 1.19. The Kier molecular flexibility index (Phi) is 8.46. The molecule has 4 nitrogen and oxygen atoms in total. The number of nitrogens with one attached hydrogen (secondary N) is 1. The molecule has 1 saturated heterocycles. The first kappa shape index (κ1) is 18.9. The van der Waals surface area contributed by atoms with E-state index in [0.29, 0.717) is 19.0 Å². The second-order valence-electron chi connectivity index (χ2n) is 5.84. The van der Waals surface area contributed by atoms with Gasteiger partial charge in [0.25, 0.3) is 0 Å². The van der Waals surface area contributed by atoms with Gasteiger partial charge in [0.05, 0.1) is 6.54 Å². The van der Waals surface area contributed by atoms with Crippen LogP contribution in [0.4, 0.5) is 0 Å². The fraction of sp³-hybridized carbons (Fsp3) is 0.588. The van der Waals surface area contributed by atoms with Crippen LogP contribution in [0.1, 0.15) is 18.9 Å². The molecule has 1 amide bonds. The van der Waals surface area contributed by atoms with Crippen LogP contribution in [0, 0.1) is 5.92 Å². The monoisotopic (exact) mass is 325 g/mol. The zero-order chi connectivity index (χ0) is 15.1. The molecule has 0 spiro atoms. The summed E-state index contributed by atoms with van der Waals surface area (Å²) in [7, 11) is 1.99. The molecular weight excluding hydrogens is 298 g/mol. The fourth-order valence-corrected chi connectivity index (χ4v) is 2.98. The highest BCUT2D eigenvalue weighted by atomic mass is 35.5. The van der Waals surface area contributed by atoms with Crippen molar-refractivity contribution in [2.75, 3.05) is 39.8 Å². The van der Waals surface area contributed by atoms with E-state index in [1.54, 1.807) is 0 Å². The molecule has 5 heteroatoms. The summed E-state index contributed by atoms with van der Waals surface area (Å²) >= 11 is 0. The molecule has 1 aromatic rings. The quantitative estimate of drug-likeness (QED) is 0.833. The molecule has 0 aliphatic carbocycles. The van der Waals surface area contributed by atoms with Crippen LogP contribution in [0.15, 0.2) is 30.3 Å². The van der Waals surface area contributed by atoms with Crippen LogP contribution in [0.5, 0.6) is 0 Å². The van der Waals surface area contributed by atoms with E-state index >= 15 is 0 Å². The maximum absolute atomic E-state index is 12.5. The predicted octanol–water partition coefficient (Wildman–Crippen LogP) is 2.00. The lowest BCUT2D eigenvalue weighted by molar-refractivity contribution is -0.132. The molecule has 1 aliphatic heterocycles. The van der Waals surface area contributed by atoms with Gasteiger partial charge >= 0.3 is 0 Å². The minimum Gasteiger partial charge on any atom is -0.338 e. The van der Waals surface area contributed by atoms with E-state index in [1.807, 2.05) is 30.1 Å². The van der Waals surface area contributed by atoms with E-state index in [1.165, 1.54) is 12.0 Å². The Morgan fingerprint density at radius 3 is 2.73 bits per heavy atom. The van der Waals surface area contributed by atoms with E-state index in [2.05, 4.69) is 29.3 Å². The van der Waals surface area contributed by atoms with Gasteiger partial charge < -0.3 is 10.2 Å². The lowest BCUT2D eigenvalue weighted by Gasteiger charge is -2.24. The molecular formula is C17H28ClN3O. The molecule has 0 bridgehead atoms. The highest BCUT2D eigenvalue weighted by molar-refractivity contribution is 5.85. The van der Waals surface area contributed by atoms with Crippen molar-refractivity contribution in [2.24, 2.45) is 5.92 Å². The van der Waals surface area contributed by atoms with Crippen LogP contribution in [0.3, 0.4) is 0 Å². The summed E-state index contributed by atoms with van der Waals surface area (Å²) in [6, 6.07) is 10.2. The Balaban J connectivity index is 0.00000242. The molecule has 1 atom stereocenters. The maximum atomic E-state index is 12.5. The van der Waals surface area contributed by atoms with Gasteiger partial charge in [-0.1, -0.05) is 30.3 Å². The third-order valence-electron chi connectivity index (χ3n) is 4.17. The van der Waals surface area contributed by atoms with Gasteiger partial charge in [0.15, 0.2) is 0 Å². The summed E-state index contributed by atoms with van der Waals surface area (Å²) in [5.74, 6) is 0.929. The zero-order valence-electron chi connectivity index (χ0n) is 13.6. The van der Waals surface area contributed by atoms with Crippen LogP contribution >= 0.6 is 12.4 Å². The number of halogens is 1. The van der Waals surface area contributed by atoms with E-state index in [0.717, 1.165) is 26.2 Å². The van der Waals surface area contributed by atoms with E-state index in [4.69, 9.17) is 0 Å². The minimum atomic E-state index is 0. The lowest BCUT2D eigenvalue weighted by Crippen LogP contribution is -2.39. The first-order valence-electron chi connectivity index (χ1n) is 7.91. The summed E-state index contributed by atoms with van der Waals surface area (Å²) in [4.78, 5) is 16.7. The number of rotatable bonds is 7. The van der Waals surface area contributed by atoms with E-state index < -0.39 is 0 Å². The molecule has 1 aromatic carbocycles. The Morgan fingerprint density at radius 1 is 1.36 bits per heavy atom. The summed E-state index contributed by atoms with van der Waals surface area (Å²) < 4.78 is 0. The number of hydrogen-bond acceptors (Lipinski definition) is 3. The second kappa shape index (κ2) is 9.82. The molecule has 1 N–H and O–H groups in total. The van der Waals surface area contributed by atoms with Crippen molar-refractivity contribution >= 4 is 18.3 Å². The van der Waals surface area contributed by atoms with Gasteiger partial charge in [-0.25, -0.2) is 0 Å². The summed E-state index contributed by atoms with van der Waals surface area (Å²) in [6.45, 7) is 7.21. The molecule has 124 valence electrons.